The molecule has 2 heterocycles. The molecule has 0 fully saturated rings. The van der Waals surface area contributed by atoms with E-state index >= 15 is 0 Å². The minimum Gasteiger partial charge on any atom is -0.379 e. The van der Waals surface area contributed by atoms with E-state index in [0.29, 0.717) is 46.0 Å². The maximum absolute atomic E-state index is 12.8. The highest BCUT2D eigenvalue weighted by atomic mass is 35.5. The van der Waals surface area contributed by atoms with E-state index in [-0.39, 0.29) is 11.7 Å². The Labute approximate surface area is 142 Å². The first-order valence-electron chi connectivity index (χ1n) is 7.40. The number of aryl methyl sites for hydroxylation is 1. The molecule has 0 aliphatic carbocycles. The van der Waals surface area contributed by atoms with E-state index in [1.807, 2.05) is 13.8 Å². The second-order valence-corrected chi connectivity index (χ2v) is 6.38. The van der Waals surface area contributed by atoms with Crippen molar-refractivity contribution in [1.82, 2.24) is 19.2 Å². The lowest BCUT2D eigenvalue weighted by Crippen LogP contribution is -2.24. The predicted molar refractivity (Wildman–Crippen MR) is 92.9 cm³/mol. The normalized spacial score (nSPS) is 11.8. The van der Waals surface area contributed by atoms with Crippen LogP contribution >= 0.6 is 23.8 Å². The molecule has 122 valence electrons. The fraction of sp³-hybridized carbons (Fsp3) is 0.400. The second-order valence-electron chi connectivity index (χ2n) is 5.56. The molecule has 6 nitrogen and oxygen atoms in total. The maximum atomic E-state index is 12.8. The Morgan fingerprint density at radius 1 is 1.43 bits per heavy atom. The van der Waals surface area contributed by atoms with Gasteiger partial charge >= 0.3 is 0 Å². The summed E-state index contributed by atoms with van der Waals surface area (Å²) in [6.45, 7) is 5.04. The van der Waals surface area contributed by atoms with Crippen LogP contribution in [0.3, 0.4) is 0 Å². The second kappa shape index (κ2) is 6.43. The zero-order chi connectivity index (χ0) is 16.6. The average Bonchev–Trinajstić information content (AvgIpc) is 2.88. The van der Waals surface area contributed by atoms with Crippen molar-refractivity contribution >= 4 is 40.5 Å². The number of nitrogens with zero attached hydrogens (tertiary/aromatic N) is 3. The predicted octanol–water partition coefficient (Wildman–Crippen LogP) is 3.18. The van der Waals surface area contributed by atoms with Gasteiger partial charge in [0.15, 0.2) is 0 Å². The molecule has 0 aliphatic heterocycles. The minimum absolute atomic E-state index is 0.131. The molecule has 0 aliphatic rings. The van der Waals surface area contributed by atoms with Crippen LogP contribution in [0.1, 0.15) is 20.3 Å². The van der Waals surface area contributed by atoms with Crippen LogP contribution in [0.5, 0.6) is 0 Å². The van der Waals surface area contributed by atoms with E-state index in [1.54, 1.807) is 27.2 Å². The van der Waals surface area contributed by atoms with E-state index in [1.165, 1.54) is 0 Å². The van der Waals surface area contributed by atoms with Crippen molar-refractivity contribution in [1.29, 1.82) is 0 Å². The molecule has 0 spiro atoms. The molecule has 23 heavy (non-hydrogen) atoms. The van der Waals surface area contributed by atoms with Crippen molar-refractivity contribution in [2.75, 3.05) is 6.61 Å². The Hall–Kier alpha value is -1.70. The molecular weight excluding hydrogens is 336 g/mol. The van der Waals surface area contributed by atoms with E-state index in [2.05, 4.69) is 10.2 Å². The number of nitrogens with one attached hydrogen (secondary N) is 1. The topological polar surface area (TPSA) is 64.3 Å². The van der Waals surface area contributed by atoms with Gasteiger partial charge < -0.3 is 4.74 Å². The van der Waals surface area contributed by atoms with Crippen molar-refractivity contribution in [2.45, 2.75) is 32.9 Å². The fourth-order valence-corrected chi connectivity index (χ4v) is 2.94. The summed E-state index contributed by atoms with van der Waals surface area (Å²) in [5, 5.41) is 7.99. The van der Waals surface area contributed by atoms with Gasteiger partial charge in [-0.05, 0) is 50.7 Å². The standard InChI is InChI=1S/C15H17ClN4O2S/c1-9(2)22-7-3-6-19-13(21)11-8-10(16)4-5-12(11)20-14(19)17-18-15(20)23/h4-5,8-9H,3,6-7H2,1-2H3,(H,18,23). The summed E-state index contributed by atoms with van der Waals surface area (Å²) >= 11 is 11.3. The summed E-state index contributed by atoms with van der Waals surface area (Å²) in [5.41, 5.74) is 0.566. The molecule has 0 bridgehead atoms. The number of aromatic amines is 1. The van der Waals surface area contributed by atoms with Gasteiger partial charge in [0.2, 0.25) is 10.5 Å². The Morgan fingerprint density at radius 2 is 2.22 bits per heavy atom. The summed E-state index contributed by atoms with van der Waals surface area (Å²) in [7, 11) is 0. The van der Waals surface area contributed by atoms with Crippen molar-refractivity contribution in [3.8, 4) is 0 Å². The van der Waals surface area contributed by atoms with Gasteiger partial charge in [-0.1, -0.05) is 11.6 Å². The number of aromatic nitrogens is 4. The van der Waals surface area contributed by atoms with Crippen LogP contribution in [0.15, 0.2) is 23.0 Å². The summed E-state index contributed by atoms with van der Waals surface area (Å²) < 4.78 is 9.34. The molecule has 1 aromatic carbocycles. The third-order valence-electron chi connectivity index (χ3n) is 3.55. The first kappa shape index (κ1) is 16.2. The fourth-order valence-electron chi connectivity index (χ4n) is 2.54. The summed E-state index contributed by atoms with van der Waals surface area (Å²) in [6, 6.07) is 5.18. The lowest BCUT2D eigenvalue weighted by molar-refractivity contribution is 0.0748. The molecule has 0 unspecified atom stereocenters. The lowest BCUT2D eigenvalue weighted by Gasteiger charge is -2.11. The molecule has 3 aromatic rings. The van der Waals surface area contributed by atoms with Crippen LogP contribution in [0.2, 0.25) is 5.02 Å². The highest BCUT2D eigenvalue weighted by Gasteiger charge is 2.13. The van der Waals surface area contributed by atoms with Crippen LogP contribution in [-0.4, -0.2) is 31.9 Å². The Balaban J connectivity index is 2.13. The molecule has 0 saturated heterocycles. The van der Waals surface area contributed by atoms with Gasteiger partial charge in [0, 0.05) is 18.2 Å². The SMILES string of the molecule is CC(C)OCCCn1c(=O)c2cc(Cl)ccc2n2c(=S)[nH]nc12. The zero-order valence-corrected chi connectivity index (χ0v) is 14.4. The first-order chi connectivity index (χ1) is 11.0. The molecule has 8 heteroatoms. The van der Waals surface area contributed by atoms with Crippen LogP contribution in [0, 0.1) is 4.77 Å². The van der Waals surface area contributed by atoms with Gasteiger partial charge in [-0.15, -0.1) is 5.10 Å². The maximum Gasteiger partial charge on any atom is 0.262 e. The number of H-pyrrole nitrogens is 1. The summed E-state index contributed by atoms with van der Waals surface area (Å²) in [6.07, 6.45) is 0.876. The molecule has 0 radical (unpaired) electrons. The summed E-state index contributed by atoms with van der Waals surface area (Å²) in [4.78, 5) is 12.8. The molecule has 0 atom stereocenters. The van der Waals surface area contributed by atoms with Gasteiger partial charge in [0.25, 0.3) is 5.56 Å². The molecule has 0 amide bonds. The third-order valence-corrected chi connectivity index (χ3v) is 4.06. The molecule has 3 rings (SSSR count). The van der Waals surface area contributed by atoms with Crippen molar-refractivity contribution in [3.63, 3.8) is 0 Å². The van der Waals surface area contributed by atoms with Gasteiger partial charge in [-0.25, -0.2) is 5.10 Å². The van der Waals surface area contributed by atoms with Gasteiger partial charge in [-0.3, -0.25) is 13.8 Å². The van der Waals surface area contributed by atoms with Gasteiger partial charge in [0.05, 0.1) is 17.0 Å². The Morgan fingerprint density at radius 3 is 2.96 bits per heavy atom. The molecule has 2 aromatic heterocycles. The highest BCUT2D eigenvalue weighted by Crippen LogP contribution is 2.18. The largest absolute Gasteiger partial charge is 0.379 e. The lowest BCUT2D eigenvalue weighted by atomic mass is 10.2. The third kappa shape index (κ3) is 3.04. The molecule has 0 saturated carbocycles. The number of halogens is 1. The number of rotatable bonds is 5. The molecule has 1 N–H and O–H groups in total. The smallest absolute Gasteiger partial charge is 0.262 e. The average molecular weight is 353 g/mol. The van der Waals surface area contributed by atoms with Gasteiger partial charge in [0.1, 0.15) is 0 Å². The summed E-state index contributed by atoms with van der Waals surface area (Å²) in [5.74, 6) is 0.499. The quantitative estimate of drug-likeness (QED) is 0.566. The van der Waals surface area contributed by atoms with E-state index < -0.39 is 0 Å². The van der Waals surface area contributed by atoms with Crippen LogP contribution < -0.4 is 5.56 Å². The highest BCUT2D eigenvalue weighted by molar-refractivity contribution is 7.71. The number of hydrogen-bond donors (Lipinski definition) is 1. The van der Waals surface area contributed by atoms with Gasteiger partial charge in [-0.2, -0.15) is 0 Å². The van der Waals surface area contributed by atoms with Crippen molar-refractivity contribution < 1.29 is 4.74 Å². The number of hydrogen-bond acceptors (Lipinski definition) is 4. The number of fused-ring (bicyclic) bond motifs is 3. The molecular formula is C15H17ClN4O2S. The first-order valence-corrected chi connectivity index (χ1v) is 8.18. The van der Waals surface area contributed by atoms with Crippen LogP contribution in [-0.2, 0) is 11.3 Å². The Bertz CT molecular complexity index is 973. The van der Waals surface area contributed by atoms with Crippen molar-refractivity contribution in [3.05, 3.63) is 38.3 Å². The minimum atomic E-state index is -0.131. The number of benzene rings is 1. The van der Waals surface area contributed by atoms with Crippen LogP contribution in [0.25, 0.3) is 16.7 Å². The van der Waals surface area contributed by atoms with E-state index in [0.717, 1.165) is 0 Å². The van der Waals surface area contributed by atoms with E-state index in [9.17, 15) is 4.79 Å². The van der Waals surface area contributed by atoms with E-state index in [4.69, 9.17) is 28.6 Å². The number of ether oxygens (including phenoxy) is 1. The van der Waals surface area contributed by atoms with Crippen molar-refractivity contribution in [2.24, 2.45) is 0 Å². The zero-order valence-electron chi connectivity index (χ0n) is 12.9. The Kier molecular flexibility index (Phi) is 4.52. The monoisotopic (exact) mass is 352 g/mol. The van der Waals surface area contributed by atoms with Crippen LogP contribution in [0.4, 0.5) is 0 Å².